The van der Waals surface area contributed by atoms with E-state index in [1.165, 1.54) is 12.1 Å². The minimum Gasteiger partial charge on any atom is -0.305 e. The molecule has 8 heteroatoms. The number of hydrogen-bond donors (Lipinski definition) is 1. The lowest BCUT2D eigenvalue weighted by Gasteiger charge is -2.07. The molecule has 0 aliphatic rings. The van der Waals surface area contributed by atoms with E-state index in [2.05, 4.69) is 31.2 Å². The number of hydrogen-bond acceptors (Lipinski definition) is 3. The largest absolute Gasteiger partial charge is 0.305 e. The first-order valence-corrected chi connectivity index (χ1v) is 6.46. The zero-order valence-corrected chi connectivity index (χ0v) is 12.2. The van der Waals surface area contributed by atoms with Crippen LogP contribution in [0.15, 0.2) is 29.0 Å². The van der Waals surface area contributed by atoms with E-state index in [9.17, 15) is 9.18 Å². The van der Waals surface area contributed by atoms with E-state index in [1.807, 2.05) is 0 Å². The monoisotopic (exact) mass is 363 g/mol. The third-order valence-electron chi connectivity index (χ3n) is 2.15. The third-order valence-corrected chi connectivity index (χ3v) is 3.39. The van der Waals surface area contributed by atoms with Crippen molar-refractivity contribution in [2.45, 2.75) is 0 Å². The van der Waals surface area contributed by atoms with E-state index in [1.54, 1.807) is 6.07 Å². The molecule has 1 aromatic heterocycles. The van der Waals surface area contributed by atoms with E-state index in [4.69, 9.17) is 23.2 Å². The summed E-state index contributed by atoms with van der Waals surface area (Å²) in [6.07, 6.45) is 1.14. The predicted octanol–water partition coefficient (Wildman–Crippen LogP) is 3.94. The second-order valence-electron chi connectivity index (χ2n) is 3.41. The van der Waals surface area contributed by atoms with Gasteiger partial charge in [-0.05, 0) is 18.2 Å². The summed E-state index contributed by atoms with van der Waals surface area (Å²) in [7, 11) is 0. The number of nitrogens with zero attached hydrogens (tertiary/aromatic N) is 2. The second kappa shape index (κ2) is 5.81. The summed E-state index contributed by atoms with van der Waals surface area (Å²) >= 11 is 14.6. The van der Waals surface area contributed by atoms with Gasteiger partial charge >= 0.3 is 0 Å². The van der Waals surface area contributed by atoms with Crippen LogP contribution in [0, 0.1) is 5.82 Å². The average Bonchev–Trinajstić information content (AvgIpc) is 2.34. The minimum atomic E-state index is -0.679. The lowest BCUT2D eigenvalue weighted by atomic mass is 10.2. The van der Waals surface area contributed by atoms with E-state index in [0.717, 1.165) is 6.33 Å². The molecule has 4 nitrogen and oxygen atoms in total. The van der Waals surface area contributed by atoms with Crippen LogP contribution in [-0.2, 0) is 0 Å². The standard InChI is InChI=1S/C11H5BrCl2FN3O/c12-5-1-2-6(7(15)3-5)11(19)18-10-8(13)9(14)16-4-17-10/h1-4H,(H,16,17,18,19). The molecule has 0 saturated heterocycles. The molecule has 2 rings (SSSR count). The number of halogens is 4. The molecule has 98 valence electrons. The highest BCUT2D eigenvalue weighted by Gasteiger charge is 2.15. The fourth-order valence-corrected chi connectivity index (χ4v) is 1.90. The summed E-state index contributed by atoms with van der Waals surface area (Å²) < 4.78 is 14.1. The number of benzene rings is 1. The molecular weight excluding hydrogens is 360 g/mol. The van der Waals surface area contributed by atoms with Crippen LogP contribution in [-0.4, -0.2) is 15.9 Å². The maximum absolute atomic E-state index is 13.6. The number of rotatable bonds is 2. The van der Waals surface area contributed by atoms with Gasteiger partial charge in [-0.15, -0.1) is 0 Å². The van der Waals surface area contributed by atoms with Crippen molar-refractivity contribution in [2.75, 3.05) is 5.32 Å². The SMILES string of the molecule is O=C(Nc1ncnc(Cl)c1Cl)c1ccc(Br)cc1F. The number of nitrogens with one attached hydrogen (secondary N) is 1. The highest BCUT2D eigenvalue weighted by atomic mass is 79.9. The number of anilines is 1. The van der Waals surface area contributed by atoms with Crippen LogP contribution < -0.4 is 5.32 Å². The lowest BCUT2D eigenvalue weighted by Crippen LogP contribution is -2.15. The Bertz CT molecular complexity index is 654. The van der Waals surface area contributed by atoms with Crippen molar-refractivity contribution in [1.82, 2.24) is 9.97 Å². The Hall–Kier alpha value is -1.24. The molecular formula is C11H5BrCl2FN3O. The van der Waals surface area contributed by atoms with Gasteiger partial charge in [-0.1, -0.05) is 39.1 Å². The lowest BCUT2D eigenvalue weighted by molar-refractivity contribution is 0.102. The Kier molecular flexibility index (Phi) is 4.34. The van der Waals surface area contributed by atoms with Gasteiger partial charge in [0.05, 0.1) is 5.56 Å². The summed E-state index contributed by atoms with van der Waals surface area (Å²) in [5.41, 5.74) is -0.131. The molecule has 0 atom stereocenters. The summed E-state index contributed by atoms with van der Waals surface area (Å²) in [5.74, 6) is -1.32. The first-order valence-electron chi connectivity index (χ1n) is 4.91. The summed E-state index contributed by atoms with van der Waals surface area (Å²) in [5, 5.41) is 2.36. The smallest absolute Gasteiger partial charge is 0.259 e. The van der Waals surface area contributed by atoms with Crippen LogP contribution in [0.5, 0.6) is 0 Å². The highest BCUT2D eigenvalue weighted by Crippen LogP contribution is 2.26. The fraction of sp³-hybridized carbons (Fsp3) is 0. The molecule has 19 heavy (non-hydrogen) atoms. The quantitative estimate of drug-likeness (QED) is 0.821. The van der Waals surface area contributed by atoms with Gasteiger partial charge in [0.25, 0.3) is 5.91 Å². The minimum absolute atomic E-state index is 0.00300. The van der Waals surface area contributed by atoms with Gasteiger partial charge in [0.1, 0.15) is 17.2 Å². The molecule has 0 bridgehead atoms. The zero-order chi connectivity index (χ0) is 14.0. The predicted molar refractivity (Wildman–Crippen MR) is 74.1 cm³/mol. The molecule has 0 saturated carbocycles. The topological polar surface area (TPSA) is 54.9 Å². The van der Waals surface area contributed by atoms with Crippen LogP contribution in [0.2, 0.25) is 10.2 Å². The fourth-order valence-electron chi connectivity index (χ4n) is 1.28. The maximum atomic E-state index is 13.6. The van der Waals surface area contributed by atoms with Crippen molar-refractivity contribution in [1.29, 1.82) is 0 Å². The van der Waals surface area contributed by atoms with Crippen LogP contribution in [0.3, 0.4) is 0 Å². The van der Waals surface area contributed by atoms with Crippen molar-refractivity contribution in [3.05, 3.63) is 50.6 Å². The van der Waals surface area contributed by atoms with Crippen molar-refractivity contribution in [2.24, 2.45) is 0 Å². The molecule has 1 N–H and O–H groups in total. The van der Waals surface area contributed by atoms with E-state index in [0.29, 0.717) is 4.47 Å². The van der Waals surface area contributed by atoms with Crippen molar-refractivity contribution in [3.63, 3.8) is 0 Å². The van der Waals surface area contributed by atoms with Crippen molar-refractivity contribution < 1.29 is 9.18 Å². The second-order valence-corrected chi connectivity index (χ2v) is 5.06. The number of carbonyl (C=O) groups is 1. The molecule has 0 fully saturated rings. The van der Waals surface area contributed by atoms with Gasteiger partial charge in [-0.2, -0.15) is 0 Å². The molecule has 1 heterocycles. The van der Waals surface area contributed by atoms with E-state index >= 15 is 0 Å². The van der Waals surface area contributed by atoms with Crippen LogP contribution >= 0.6 is 39.1 Å². The molecule has 1 amide bonds. The van der Waals surface area contributed by atoms with Gasteiger partial charge in [0, 0.05) is 4.47 Å². The molecule has 2 aromatic rings. The Balaban J connectivity index is 2.28. The summed E-state index contributed by atoms with van der Waals surface area (Å²) in [4.78, 5) is 19.3. The molecule has 0 unspecified atom stereocenters. The molecule has 1 aromatic carbocycles. The number of amides is 1. The molecule has 0 aliphatic heterocycles. The highest BCUT2D eigenvalue weighted by molar-refractivity contribution is 9.10. The molecule has 0 radical (unpaired) electrons. The van der Waals surface area contributed by atoms with Gasteiger partial charge in [-0.3, -0.25) is 4.79 Å². The van der Waals surface area contributed by atoms with E-state index < -0.39 is 11.7 Å². The summed E-state index contributed by atoms with van der Waals surface area (Å²) in [6, 6.07) is 4.07. The number of carbonyl (C=O) groups excluding carboxylic acids is 1. The number of aromatic nitrogens is 2. The Morgan fingerprint density at radius 3 is 2.74 bits per heavy atom. The van der Waals surface area contributed by atoms with E-state index in [-0.39, 0.29) is 21.6 Å². The average molecular weight is 365 g/mol. The normalized spacial score (nSPS) is 10.3. The van der Waals surface area contributed by atoms with Crippen LogP contribution in [0.1, 0.15) is 10.4 Å². The van der Waals surface area contributed by atoms with Gasteiger partial charge in [0.2, 0.25) is 0 Å². The van der Waals surface area contributed by atoms with Gasteiger partial charge in [-0.25, -0.2) is 14.4 Å². The van der Waals surface area contributed by atoms with Crippen LogP contribution in [0.4, 0.5) is 10.2 Å². The van der Waals surface area contributed by atoms with Gasteiger partial charge < -0.3 is 5.32 Å². The summed E-state index contributed by atoms with van der Waals surface area (Å²) in [6.45, 7) is 0. The Labute approximate surface area is 126 Å². The maximum Gasteiger partial charge on any atom is 0.259 e. The molecule has 0 aliphatic carbocycles. The Morgan fingerprint density at radius 1 is 1.32 bits per heavy atom. The van der Waals surface area contributed by atoms with Crippen molar-refractivity contribution >= 4 is 50.9 Å². The Morgan fingerprint density at radius 2 is 2.05 bits per heavy atom. The van der Waals surface area contributed by atoms with Crippen LogP contribution in [0.25, 0.3) is 0 Å². The van der Waals surface area contributed by atoms with Gasteiger partial charge in [0.15, 0.2) is 11.0 Å². The first-order chi connectivity index (χ1) is 8.99. The third kappa shape index (κ3) is 3.20. The van der Waals surface area contributed by atoms with Crippen molar-refractivity contribution in [3.8, 4) is 0 Å². The molecule has 0 spiro atoms. The zero-order valence-electron chi connectivity index (χ0n) is 9.12. The first kappa shape index (κ1) is 14.2.